The summed E-state index contributed by atoms with van der Waals surface area (Å²) in [5.74, 6) is 2.30. The zero-order valence-electron chi connectivity index (χ0n) is 13.0. The second-order valence-electron chi connectivity index (χ2n) is 4.86. The number of hydrogen-bond acceptors (Lipinski definition) is 5. The molecular weight excluding hydrogens is 282 g/mol. The third kappa shape index (κ3) is 2.32. The maximum atomic E-state index is 5.37. The van der Waals surface area contributed by atoms with E-state index in [0.29, 0.717) is 23.1 Å². The summed E-state index contributed by atoms with van der Waals surface area (Å²) in [6.07, 6.45) is 1.89. The van der Waals surface area contributed by atoms with Crippen LogP contribution in [0, 0.1) is 6.92 Å². The maximum Gasteiger partial charge on any atom is 0.203 e. The molecule has 0 saturated heterocycles. The summed E-state index contributed by atoms with van der Waals surface area (Å²) >= 11 is 0. The van der Waals surface area contributed by atoms with E-state index in [1.807, 2.05) is 37.4 Å². The molecule has 0 aliphatic heterocycles. The molecular formula is C16H17N3O3. The van der Waals surface area contributed by atoms with Gasteiger partial charge in [0.25, 0.3) is 0 Å². The van der Waals surface area contributed by atoms with Gasteiger partial charge in [0.15, 0.2) is 23.0 Å². The van der Waals surface area contributed by atoms with Crippen LogP contribution in [-0.4, -0.2) is 35.9 Å². The van der Waals surface area contributed by atoms with Crippen molar-refractivity contribution in [2.75, 3.05) is 21.3 Å². The molecule has 0 N–H and O–H groups in total. The first-order chi connectivity index (χ1) is 10.7. The standard InChI is InChI=1S/C16H17N3O3/c1-10-5-6-19-14(7-10)17-16(18-19)11-8-12(20-2)15(22-4)13(9-11)21-3/h5-9H,1-4H3. The second-order valence-corrected chi connectivity index (χ2v) is 4.86. The van der Waals surface area contributed by atoms with Gasteiger partial charge >= 0.3 is 0 Å². The predicted octanol–water partition coefficient (Wildman–Crippen LogP) is 2.73. The third-order valence-electron chi connectivity index (χ3n) is 3.42. The summed E-state index contributed by atoms with van der Waals surface area (Å²) in [5, 5.41) is 4.48. The van der Waals surface area contributed by atoms with Gasteiger partial charge in [0.1, 0.15) is 0 Å². The minimum absolute atomic E-state index is 0.549. The fourth-order valence-electron chi connectivity index (χ4n) is 2.32. The van der Waals surface area contributed by atoms with Gasteiger partial charge in [-0.3, -0.25) is 0 Å². The minimum atomic E-state index is 0.549. The van der Waals surface area contributed by atoms with Crippen LogP contribution in [0.2, 0.25) is 0 Å². The van der Waals surface area contributed by atoms with Crippen LogP contribution in [-0.2, 0) is 0 Å². The van der Waals surface area contributed by atoms with Gasteiger partial charge in [-0.25, -0.2) is 9.50 Å². The Morgan fingerprint density at radius 2 is 1.64 bits per heavy atom. The molecule has 3 rings (SSSR count). The van der Waals surface area contributed by atoms with Crippen molar-refractivity contribution in [2.45, 2.75) is 6.92 Å². The number of ether oxygens (including phenoxy) is 3. The highest BCUT2D eigenvalue weighted by Crippen LogP contribution is 2.40. The number of aromatic nitrogens is 3. The second kappa shape index (κ2) is 5.55. The lowest BCUT2D eigenvalue weighted by Gasteiger charge is -2.12. The summed E-state index contributed by atoms with van der Waals surface area (Å²) in [6.45, 7) is 2.02. The Hall–Kier alpha value is -2.76. The Kier molecular flexibility index (Phi) is 3.58. The molecule has 3 aromatic rings. The maximum absolute atomic E-state index is 5.37. The normalized spacial score (nSPS) is 10.7. The number of pyridine rings is 1. The largest absolute Gasteiger partial charge is 0.493 e. The van der Waals surface area contributed by atoms with Crippen LogP contribution in [0.3, 0.4) is 0 Å². The summed E-state index contributed by atoms with van der Waals surface area (Å²) in [4.78, 5) is 4.55. The number of methoxy groups -OCH3 is 3. The molecule has 0 bridgehead atoms. The Morgan fingerprint density at radius 3 is 2.23 bits per heavy atom. The Labute approximate surface area is 128 Å². The Morgan fingerprint density at radius 1 is 0.955 bits per heavy atom. The lowest BCUT2D eigenvalue weighted by molar-refractivity contribution is 0.324. The molecule has 0 aliphatic rings. The zero-order valence-corrected chi connectivity index (χ0v) is 13.0. The van der Waals surface area contributed by atoms with Crippen molar-refractivity contribution in [1.82, 2.24) is 14.6 Å². The van der Waals surface area contributed by atoms with Gasteiger partial charge in [0, 0.05) is 11.8 Å². The smallest absolute Gasteiger partial charge is 0.203 e. The molecule has 2 heterocycles. The van der Waals surface area contributed by atoms with Crippen LogP contribution in [0.4, 0.5) is 0 Å². The molecule has 0 aliphatic carbocycles. The molecule has 6 nitrogen and oxygen atoms in total. The average molecular weight is 299 g/mol. The number of rotatable bonds is 4. The van der Waals surface area contributed by atoms with E-state index in [1.165, 1.54) is 0 Å². The first-order valence-electron chi connectivity index (χ1n) is 6.79. The molecule has 0 atom stereocenters. The summed E-state index contributed by atoms with van der Waals surface area (Å²) in [6, 6.07) is 7.64. The van der Waals surface area contributed by atoms with Crippen molar-refractivity contribution < 1.29 is 14.2 Å². The number of benzene rings is 1. The van der Waals surface area contributed by atoms with Crippen molar-refractivity contribution in [3.05, 3.63) is 36.0 Å². The number of hydrogen-bond donors (Lipinski definition) is 0. The molecule has 0 spiro atoms. The first kappa shape index (κ1) is 14.2. The molecule has 0 amide bonds. The summed E-state index contributed by atoms with van der Waals surface area (Å²) in [7, 11) is 4.75. The van der Waals surface area contributed by atoms with Gasteiger partial charge in [-0.1, -0.05) is 0 Å². The molecule has 6 heteroatoms. The fourth-order valence-corrected chi connectivity index (χ4v) is 2.32. The molecule has 2 aromatic heterocycles. The summed E-state index contributed by atoms with van der Waals surface area (Å²) in [5.41, 5.74) is 2.73. The van der Waals surface area contributed by atoms with Gasteiger partial charge < -0.3 is 14.2 Å². The van der Waals surface area contributed by atoms with Gasteiger partial charge in [-0.05, 0) is 36.8 Å². The van der Waals surface area contributed by atoms with Crippen LogP contribution in [0.25, 0.3) is 17.0 Å². The fraction of sp³-hybridized carbons (Fsp3) is 0.250. The van der Waals surface area contributed by atoms with E-state index in [1.54, 1.807) is 25.8 Å². The monoisotopic (exact) mass is 299 g/mol. The number of fused-ring (bicyclic) bond motifs is 1. The third-order valence-corrected chi connectivity index (χ3v) is 3.42. The Bertz CT molecular complexity index is 802. The van der Waals surface area contributed by atoms with Crippen LogP contribution in [0.5, 0.6) is 17.2 Å². The first-order valence-corrected chi connectivity index (χ1v) is 6.79. The van der Waals surface area contributed by atoms with E-state index < -0.39 is 0 Å². The zero-order chi connectivity index (χ0) is 15.7. The minimum Gasteiger partial charge on any atom is -0.493 e. The van der Waals surface area contributed by atoms with Crippen LogP contribution in [0.1, 0.15) is 5.56 Å². The van der Waals surface area contributed by atoms with Crippen molar-refractivity contribution >= 4 is 5.65 Å². The van der Waals surface area contributed by atoms with Gasteiger partial charge in [-0.15, -0.1) is 5.10 Å². The molecule has 114 valence electrons. The lowest BCUT2D eigenvalue weighted by Crippen LogP contribution is -1.96. The molecule has 0 radical (unpaired) electrons. The van der Waals surface area contributed by atoms with Gasteiger partial charge in [0.2, 0.25) is 5.75 Å². The van der Waals surface area contributed by atoms with Crippen molar-refractivity contribution in [2.24, 2.45) is 0 Å². The molecule has 22 heavy (non-hydrogen) atoms. The summed E-state index contributed by atoms with van der Waals surface area (Å²) < 4.78 is 17.8. The van der Waals surface area contributed by atoms with Crippen molar-refractivity contribution in [1.29, 1.82) is 0 Å². The lowest BCUT2D eigenvalue weighted by atomic mass is 10.1. The predicted molar refractivity (Wildman–Crippen MR) is 82.8 cm³/mol. The molecule has 1 aromatic carbocycles. The van der Waals surface area contributed by atoms with E-state index in [0.717, 1.165) is 16.8 Å². The van der Waals surface area contributed by atoms with Gasteiger partial charge in [0.05, 0.1) is 21.3 Å². The Balaban J connectivity index is 2.17. The molecule has 0 fully saturated rings. The SMILES string of the molecule is COc1cc(-c2nc3cc(C)ccn3n2)cc(OC)c1OC. The van der Waals surface area contributed by atoms with E-state index in [9.17, 15) is 0 Å². The highest BCUT2D eigenvalue weighted by Gasteiger charge is 2.16. The topological polar surface area (TPSA) is 57.9 Å². The van der Waals surface area contributed by atoms with Crippen LogP contribution >= 0.6 is 0 Å². The molecule has 0 saturated carbocycles. The molecule has 0 unspecified atom stereocenters. The highest BCUT2D eigenvalue weighted by molar-refractivity contribution is 5.67. The average Bonchev–Trinajstić information content (AvgIpc) is 2.96. The van der Waals surface area contributed by atoms with Crippen LogP contribution in [0.15, 0.2) is 30.5 Å². The van der Waals surface area contributed by atoms with E-state index in [2.05, 4.69) is 10.1 Å². The number of nitrogens with zero attached hydrogens (tertiary/aromatic N) is 3. The van der Waals surface area contributed by atoms with Crippen molar-refractivity contribution in [3.63, 3.8) is 0 Å². The van der Waals surface area contributed by atoms with Crippen LogP contribution < -0.4 is 14.2 Å². The quantitative estimate of drug-likeness (QED) is 0.741. The highest BCUT2D eigenvalue weighted by atomic mass is 16.5. The van der Waals surface area contributed by atoms with E-state index in [-0.39, 0.29) is 0 Å². The van der Waals surface area contributed by atoms with Crippen molar-refractivity contribution in [3.8, 4) is 28.6 Å². The number of aryl methyl sites for hydroxylation is 1. The van der Waals surface area contributed by atoms with E-state index >= 15 is 0 Å². The van der Waals surface area contributed by atoms with Gasteiger partial charge in [-0.2, -0.15) is 0 Å². The van der Waals surface area contributed by atoms with E-state index in [4.69, 9.17) is 14.2 Å².